The quantitative estimate of drug-likeness (QED) is 0.757. The molecule has 3 heterocycles. The van der Waals surface area contributed by atoms with Gasteiger partial charge in [-0.3, -0.25) is 14.2 Å². The number of carbonyl (C=O) groups is 1. The van der Waals surface area contributed by atoms with Gasteiger partial charge in [-0.25, -0.2) is 9.97 Å². The summed E-state index contributed by atoms with van der Waals surface area (Å²) >= 11 is 0. The lowest BCUT2D eigenvalue weighted by Crippen LogP contribution is -2.23. The van der Waals surface area contributed by atoms with Crippen LogP contribution in [-0.4, -0.2) is 25.3 Å². The molecule has 3 aromatic heterocycles. The molecular weight excluding hydrogens is 242 g/mol. The highest BCUT2D eigenvalue weighted by Crippen LogP contribution is 2.02. The standard InChI is InChI=1S/C13H11N5O/c19-12(16-8-10-3-1-4-14-7-10)11-9-18-6-2-5-15-13(18)17-11/h1-7,9H,8H2,(H,16,19). The summed E-state index contributed by atoms with van der Waals surface area (Å²) in [7, 11) is 0. The number of pyridine rings is 1. The minimum atomic E-state index is -0.227. The molecule has 0 aliphatic heterocycles. The lowest BCUT2D eigenvalue weighted by atomic mass is 10.3. The first-order valence-electron chi connectivity index (χ1n) is 5.80. The van der Waals surface area contributed by atoms with Gasteiger partial charge in [0.1, 0.15) is 5.69 Å². The molecule has 94 valence electrons. The van der Waals surface area contributed by atoms with Gasteiger partial charge >= 0.3 is 0 Å². The van der Waals surface area contributed by atoms with Crippen molar-refractivity contribution in [1.82, 2.24) is 24.7 Å². The van der Waals surface area contributed by atoms with Crippen LogP contribution < -0.4 is 5.32 Å². The van der Waals surface area contributed by atoms with E-state index >= 15 is 0 Å². The van der Waals surface area contributed by atoms with Gasteiger partial charge in [0.2, 0.25) is 5.78 Å². The zero-order valence-corrected chi connectivity index (χ0v) is 10.0. The van der Waals surface area contributed by atoms with E-state index in [9.17, 15) is 4.79 Å². The van der Waals surface area contributed by atoms with Gasteiger partial charge in [-0.1, -0.05) is 6.07 Å². The molecule has 1 amide bonds. The van der Waals surface area contributed by atoms with Crippen molar-refractivity contribution in [2.75, 3.05) is 0 Å². The normalized spacial score (nSPS) is 10.5. The van der Waals surface area contributed by atoms with Crippen LogP contribution in [0.1, 0.15) is 16.1 Å². The number of imidazole rings is 1. The second-order valence-corrected chi connectivity index (χ2v) is 4.00. The molecule has 0 aliphatic carbocycles. The summed E-state index contributed by atoms with van der Waals surface area (Å²) in [5, 5.41) is 2.79. The third kappa shape index (κ3) is 2.42. The van der Waals surface area contributed by atoms with Crippen molar-refractivity contribution in [3.05, 3.63) is 60.4 Å². The molecule has 0 saturated carbocycles. The van der Waals surface area contributed by atoms with Crippen LogP contribution in [0.4, 0.5) is 0 Å². The Kier molecular flexibility index (Phi) is 2.89. The van der Waals surface area contributed by atoms with Crippen LogP contribution in [0.25, 0.3) is 5.78 Å². The molecule has 1 N–H and O–H groups in total. The Labute approximate surface area is 109 Å². The Balaban J connectivity index is 1.73. The first-order chi connectivity index (χ1) is 9.33. The van der Waals surface area contributed by atoms with Crippen LogP contribution in [0.3, 0.4) is 0 Å². The first-order valence-corrected chi connectivity index (χ1v) is 5.80. The number of nitrogens with one attached hydrogen (secondary N) is 1. The monoisotopic (exact) mass is 253 g/mol. The van der Waals surface area contributed by atoms with Gasteiger partial charge in [-0.05, 0) is 17.7 Å². The molecule has 0 fully saturated rings. The maximum Gasteiger partial charge on any atom is 0.271 e. The lowest BCUT2D eigenvalue weighted by Gasteiger charge is -2.01. The molecule has 0 aromatic carbocycles. The lowest BCUT2D eigenvalue weighted by molar-refractivity contribution is 0.0946. The van der Waals surface area contributed by atoms with Gasteiger partial charge in [0.05, 0.1) is 0 Å². The zero-order chi connectivity index (χ0) is 13.1. The van der Waals surface area contributed by atoms with Crippen LogP contribution in [0.2, 0.25) is 0 Å². The largest absolute Gasteiger partial charge is 0.347 e. The fraction of sp³-hybridized carbons (Fsp3) is 0.0769. The molecule has 0 radical (unpaired) electrons. The van der Waals surface area contributed by atoms with Crippen LogP contribution in [0.15, 0.2) is 49.2 Å². The number of amides is 1. The fourth-order valence-corrected chi connectivity index (χ4v) is 1.71. The number of rotatable bonds is 3. The second kappa shape index (κ2) is 4.85. The third-order valence-electron chi connectivity index (χ3n) is 2.64. The molecule has 0 unspecified atom stereocenters. The van der Waals surface area contributed by atoms with Crippen LogP contribution in [-0.2, 0) is 6.54 Å². The van der Waals surface area contributed by atoms with Crippen LogP contribution >= 0.6 is 0 Å². The predicted molar refractivity (Wildman–Crippen MR) is 68.4 cm³/mol. The fourth-order valence-electron chi connectivity index (χ4n) is 1.71. The molecule has 19 heavy (non-hydrogen) atoms. The molecule has 6 nitrogen and oxygen atoms in total. The Morgan fingerprint density at radius 1 is 1.32 bits per heavy atom. The molecule has 0 atom stereocenters. The first kappa shape index (κ1) is 11.3. The molecule has 3 rings (SSSR count). The maximum absolute atomic E-state index is 12.0. The smallest absolute Gasteiger partial charge is 0.271 e. The molecule has 6 heteroatoms. The SMILES string of the molecule is O=C(NCc1cccnc1)c1cn2cccnc2n1. The highest BCUT2D eigenvalue weighted by atomic mass is 16.1. The van der Waals surface area contributed by atoms with E-state index in [1.54, 1.807) is 41.5 Å². The van der Waals surface area contributed by atoms with Gasteiger partial charge in [0, 0.05) is 37.5 Å². The van der Waals surface area contributed by atoms with Crippen molar-refractivity contribution in [2.45, 2.75) is 6.54 Å². The van der Waals surface area contributed by atoms with Crippen molar-refractivity contribution in [3.8, 4) is 0 Å². The van der Waals surface area contributed by atoms with Crippen molar-refractivity contribution in [2.24, 2.45) is 0 Å². The van der Waals surface area contributed by atoms with Crippen molar-refractivity contribution < 1.29 is 4.79 Å². The van der Waals surface area contributed by atoms with E-state index in [-0.39, 0.29) is 5.91 Å². The second-order valence-electron chi connectivity index (χ2n) is 4.00. The van der Waals surface area contributed by atoms with Gasteiger partial charge < -0.3 is 5.32 Å². The zero-order valence-electron chi connectivity index (χ0n) is 10.0. The van der Waals surface area contributed by atoms with Crippen molar-refractivity contribution >= 4 is 11.7 Å². The molecule has 0 aliphatic rings. The number of fused-ring (bicyclic) bond motifs is 1. The summed E-state index contributed by atoms with van der Waals surface area (Å²) in [5.74, 6) is 0.281. The van der Waals surface area contributed by atoms with E-state index in [1.807, 2.05) is 12.1 Å². The topological polar surface area (TPSA) is 72.2 Å². The Morgan fingerprint density at radius 3 is 3.05 bits per heavy atom. The van der Waals surface area contributed by atoms with E-state index in [0.29, 0.717) is 18.0 Å². The van der Waals surface area contributed by atoms with Gasteiger partial charge in [-0.2, -0.15) is 0 Å². The highest BCUT2D eigenvalue weighted by molar-refractivity contribution is 5.92. The molecule has 0 bridgehead atoms. The summed E-state index contributed by atoms with van der Waals surface area (Å²) in [5.41, 5.74) is 1.29. The average Bonchev–Trinajstić information content (AvgIpc) is 2.90. The van der Waals surface area contributed by atoms with E-state index in [1.165, 1.54) is 0 Å². The van der Waals surface area contributed by atoms with E-state index in [0.717, 1.165) is 5.56 Å². The van der Waals surface area contributed by atoms with E-state index < -0.39 is 0 Å². The highest BCUT2D eigenvalue weighted by Gasteiger charge is 2.10. The van der Waals surface area contributed by atoms with Crippen molar-refractivity contribution in [1.29, 1.82) is 0 Å². The molecule has 3 aromatic rings. The summed E-state index contributed by atoms with van der Waals surface area (Å²) in [4.78, 5) is 24.2. The minimum Gasteiger partial charge on any atom is -0.347 e. The average molecular weight is 253 g/mol. The van der Waals surface area contributed by atoms with Crippen LogP contribution in [0, 0.1) is 0 Å². The Morgan fingerprint density at radius 2 is 2.26 bits per heavy atom. The molecular formula is C13H11N5O. The molecule has 0 saturated heterocycles. The van der Waals surface area contributed by atoms with Crippen molar-refractivity contribution in [3.63, 3.8) is 0 Å². The maximum atomic E-state index is 12.0. The summed E-state index contributed by atoms with van der Waals surface area (Å²) in [6.45, 7) is 0.425. The third-order valence-corrected chi connectivity index (χ3v) is 2.64. The number of hydrogen-bond donors (Lipinski definition) is 1. The van der Waals surface area contributed by atoms with E-state index in [2.05, 4.69) is 20.3 Å². The minimum absolute atomic E-state index is 0.227. The Hall–Kier alpha value is -2.76. The summed E-state index contributed by atoms with van der Waals surface area (Å²) < 4.78 is 1.71. The summed E-state index contributed by atoms with van der Waals surface area (Å²) in [6.07, 6.45) is 8.50. The Bertz CT molecular complexity index is 674. The number of nitrogens with zero attached hydrogens (tertiary/aromatic N) is 4. The summed E-state index contributed by atoms with van der Waals surface area (Å²) in [6, 6.07) is 5.51. The van der Waals surface area contributed by atoms with Gasteiger partial charge in [0.25, 0.3) is 5.91 Å². The number of carbonyl (C=O) groups excluding carboxylic acids is 1. The van der Waals surface area contributed by atoms with Gasteiger partial charge in [-0.15, -0.1) is 0 Å². The number of hydrogen-bond acceptors (Lipinski definition) is 4. The molecule has 0 spiro atoms. The van der Waals surface area contributed by atoms with Gasteiger partial charge in [0.15, 0.2) is 0 Å². The van der Waals surface area contributed by atoms with E-state index in [4.69, 9.17) is 0 Å². The van der Waals surface area contributed by atoms with Crippen LogP contribution in [0.5, 0.6) is 0 Å². The predicted octanol–water partition coefficient (Wildman–Crippen LogP) is 1.05. The number of aromatic nitrogens is 4.